The second-order valence-corrected chi connectivity index (χ2v) is 2.57. The summed E-state index contributed by atoms with van der Waals surface area (Å²) in [5.41, 5.74) is 0. The van der Waals surface area contributed by atoms with E-state index in [1.165, 1.54) is 6.08 Å². The summed E-state index contributed by atoms with van der Waals surface area (Å²) in [5.74, 6) is 0. The number of hydrogen-bond acceptors (Lipinski definition) is 3. The van der Waals surface area contributed by atoms with Crippen LogP contribution in [0.5, 0.6) is 0 Å². The lowest BCUT2D eigenvalue weighted by Crippen LogP contribution is -1.88. The second kappa shape index (κ2) is 5.46. The van der Waals surface area contributed by atoms with Crippen molar-refractivity contribution in [3.8, 4) is 0 Å². The van der Waals surface area contributed by atoms with Gasteiger partial charge in [0.25, 0.3) is 10.1 Å². The fourth-order valence-corrected chi connectivity index (χ4v) is 0. The van der Waals surface area contributed by atoms with Gasteiger partial charge in [0.15, 0.2) is 0 Å². The van der Waals surface area contributed by atoms with Gasteiger partial charge in [-0.1, -0.05) is 6.58 Å². The van der Waals surface area contributed by atoms with Gasteiger partial charge in [-0.05, 0) is 6.08 Å². The Morgan fingerprint density at radius 1 is 1.56 bits per heavy atom. The van der Waals surface area contributed by atoms with Crippen LogP contribution >= 0.6 is 0 Å². The summed E-state index contributed by atoms with van der Waals surface area (Å²) in [5, 5.41) is 0. The molecule has 0 radical (unpaired) electrons. The smallest absolute Gasteiger partial charge is 0.261 e. The highest BCUT2D eigenvalue weighted by molar-refractivity contribution is 7.85. The summed E-state index contributed by atoms with van der Waals surface area (Å²) in [6, 6.07) is 0. The molecule has 0 spiro atoms. The Morgan fingerprint density at radius 3 is 1.67 bits per heavy atom. The molecule has 0 saturated heterocycles. The van der Waals surface area contributed by atoms with Crippen molar-refractivity contribution in [1.82, 2.24) is 0 Å². The SMILES string of the molecule is C=CC=O.CS(=O)(=O)O. The van der Waals surface area contributed by atoms with Gasteiger partial charge < -0.3 is 0 Å². The van der Waals surface area contributed by atoms with Crippen LogP contribution in [-0.4, -0.2) is 25.5 Å². The third-order valence-electron chi connectivity index (χ3n) is 0.0962. The van der Waals surface area contributed by atoms with Gasteiger partial charge in [0.2, 0.25) is 0 Å². The third-order valence-corrected chi connectivity index (χ3v) is 0.0962. The van der Waals surface area contributed by atoms with E-state index >= 15 is 0 Å². The lowest BCUT2D eigenvalue weighted by atomic mass is 10.8. The second-order valence-electron chi connectivity index (χ2n) is 1.10. The summed E-state index contributed by atoms with van der Waals surface area (Å²) in [7, 11) is -3.67. The zero-order chi connectivity index (χ0) is 7.91. The molecule has 0 aliphatic heterocycles. The van der Waals surface area contributed by atoms with Crippen molar-refractivity contribution >= 4 is 16.4 Å². The van der Waals surface area contributed by atoms with Crippen LogP contribution in [0.4, 0.5) is 0 Å². The minimum atomic E-state index is -3.67. The molecular formula is C4H8O4S. The Bertz CT molecular complexity index is 153. The van der Waals surface area contributed by atoms with Crippen molar-refractivity contribution in [1.29, 1.82) is 0 Å². The summed E-state index contributed by atoms with van der Waals surface area (Å²) >= 11 is 0. The molecule has 9 heavy (non-hydrogen) atoms. The lowest BCUT2D eigenvalue weighted by Gasteiger charge is -1.69. The van der Waals surface area contributed by atoms with Crippen LogP contribution < -0.4 is 0 Å². The van der Waals surface area contributed by atoms with Gasteiger partial charge in [0, 0.05) is 0 Å². The molecule has 0 aromatic rings. The maximum atomic E-state index is 9.19. The molecule has 54 valence electrons. The van der Waals surface area contributed by atoms with Crippen molar-refractivity contribution in [2.24, 2.45) is 0 Å². The summed E-state index contributed by atoms with van der Waals surface area (Å²) in [6.45, 7) is 3.11. The van der Waals surface area contributed by atoms with E-state index in [2.05, 4.69) is 6.58 Å². The van der Waals surface area contributed by atoms with Crippen LogP contribution in [-0.2, 0) is 14.9 Å². The van der Waals surface area contributed by atoms with Crippen molar-refractivity contribution in [2.75, 3.05) is 6.26 Å². The van der Waals surface area contributed by atoms with Gasteiger partial charge >= 0.3 is 0 Å². The standard InChI is InChI=1S/C3H4O.CH4O3S/c1-2-3-4;1-5(2,3)4/h2-3H,1H2;1H3,(H,2,3,4). The van der Waals surface area contributed by atoms with E-state index in [4.69, 9.17) is 9.35 Å². The number of hydrogen-bond donors (Lipinski definition) is 1. The molecule has 1 N–H and O–H groups in total. The predicted octanol–water partition coefficient (Wildman–Crippen LogP) is -0.125. The molecule has 0 rings (SSSR count). The first-order valence-corrected chi connectivity index (χ1v) is 3.75. The van der Waals surface area contributed by atoms with E-state index < -0.39 is 10.1 Å². The molecule has 0 aromatic carbocycles. The summed E-state index contributed by atoms with van der Waals surface area (Å²) in [6.07, 6.45) is 2.55. The Hall–Kier alpha value is -0.680. The van der Waals surface area contributed by atoms with Crippen molar-refractivity contribution < 1.29 is 17.8 Å². The van der Waals surface area contributed by atoms with Crippen molar-refractivity contribution in [2.45, 2.75) is 0 Å². The zero-order valence-electron chi connectivity index (χ0n) is 4.94. The highest BCUT2D eigenvalue weighted by Gasteiger charge is 1.81. The third kappa shape index (κ3) is 2020. The maximum Gasteiger partial charge on any atom is 0.261 e. The number of rotatable bonds is 1. The highest BCUT2D eigenvalue weighted by atomic mass is 32.2. The van der Waals surface area contributed by atoms with Crippen molar-refractivity contribution in [3.63, 3.8) is 0 Å². The van der Waals surface area contributed by atoms with Gasteiger partial charge in [-0.15, -0.1) is 0 Å². The molecule has 5 heteroatoms. The molecule has 0 amide bonds. The molecule has 4 nitrogen and oxygen atoms in total. The monoisotopic (exact) mass is 152 g/mol. The number of aldehydes is 1. The van der Waals surface area contributed by atoms with Crippen LogP contribution in [0.1, 0.15) is 0 Å². The van der Waals surface area contributed by atoms with Gasteiger partial charge in [0.1, 0.15) is 6.29 Å². The molecule has 0 aromatic heterocycles. The molecule has 0 aliphatic rings. The van der Waals surface area contributed by atoms with E-state index in [1.54, 1.807) is 0 Å². The van der Waals surface area contributed by atoms with Crippen LogP contribution in [0, 0.1) is 0 Å². The molecule has 0 unspecified atom stereocenters. The molecule has 0 aliphatic carbocycles. The molecule has 0 saturated carbocycles. The van der Waals surface area contributed by atoms with Crippen molar-refractivity contribution in [3.05, 3.63) is 12.7 Å². The Kier molecular flexibility index (Phi) is 6.77. The van der Waals surface area contributed by atoms with Gasteiger partial charge in [-0.25, -0.2) is 0 Å². The first-order valence-electron chi connectivity index (χ1n) is 1.90. The van der Waals surface area contributed by atoms with Crippen LogP contribution in [0.25, 0.3) is 0 Å². The first kappa shape index (κ1) is 11.2. The molecule has 0 heterocycles. The van der Waals surface area contributed by atoms with Gasteiger partial charge in [-0.2, -0.15) is 8.42 Å². The maximum absolute atomic E-state index is 9.19. The predicted molar refractivity (Wildman–Crippen MR) is 33.7 cm³/mol. The average molecular weight is 152 g/mol. The highest BCUT2D eigenvalue weighted by Crippen LogP contribution is 1.60. The normalized spacial score (nSPS) is 8.67. The van der Waals surface area contributed by atoms with Crippen LogP contribution in [0.2, 0.25) is 0 Å². The number of carbonyl (C=O) groups is 1. The Balaban J connectivity index is 0. The van der Waals surface area contributed by atoms with E-state index in [1.807, 2.05) is 0 Å². The molecule has 0 fully saturated rings. The van der Waals surface area contributed by atoms with Gasteiger partial charge in [0.05, 0.1) is 6.26 Å². The van der Waals surface area contributed by atoms with E-state index in [0.29, 0.717) is 12.5 Å². The lowest BCUT2D eigenvalue weighted by molar-refractivity contribution is -0.104. The number of carbonyl (C=O) groups excluding carboxylic acids is 1. The first-order chi connectivity index (χ1) is 3.91. The minimum absolute atomic E-state index is 0.639. The van der Waals surface area contributed by atoms with Crippen LogP contribution in [0.15, 0.2) is 12.7 Å². The minimum Gasteiger partial charge on any atom is -0.299 e. The summed E-state index contributed by atoms with van der Waals surface area (Å²) in [4.78, 5) is 9.06. The van der Waals surface area contributed by atoms with Crippen LogP contribution in [0.3, 0.4) is 0 Å². The summed E-state index contributed by atoms with van der Waals surface area (Å²) < 4.78 is 25.9. The largest absolute Gasteiger partial charge is 0.299 e. The quantitative estimate of drug-likeness (QED) is 0.323. The van der Waals surface area contributed by atoms with Gasteiger partial charge in [-0.3, -0.25) is 9.35 Å². The topological polar surface area (TPSA) is 71.4 Å². The fourth-order valence-electron chi connectivity index (χ4n) is 0. The number of allylic oxidation sites excluding steroid dienone is 1. The Labute approximate surface area is 53.9 Å². The average Bonchev–Trinajstić information content (AvgIpc) is 1.61. The van der Waals surface area contributed by atoms with E-state index in [-0.39, 0.29) is 0 Å². The fraction of sp³-hybridized carbons (Fsp3) is 0.250. The molecular weight excluding hydrogens is 144 g/mol. The zero-order valence-corrected chi connectivity index (χ0v) is 5.76. The molecule has 0 bridgehead atoms. The van der Waals surface area contributed by atoms with E-state index in [9.17, 15) is 8.42 Å². The van der Waals surface area contributed by atoms with E-state index in [0.717, 1.165) is 0 Å². The molecule has 0 atom stereocenters. The Morgan fingerprint density at radius 2 is 1.67 bits per heavy atom.